The van der Waals surface area contributed by atoms with Crippen molar-refractivity contribution in [3.8, 4) is 23.0 Å². The Morgan fingerprint density at radius 1 is 1.20 bits per heavy atom. The summed E-state index contributed by atoms with van der Waals surface area (Å²) in [4.78, 5) is 25.1. The molecule has 10 nitrogen and oxygen atoms in total. The zero-order chi connectivity index (χ0) is 29.1. The summed E-state index contributed by atoms with van der Waals surface area (Å²) in [6, 6.07) is 8.31. The number of aldehydes is 1. The van der Waals surface area contributed by atoms with E-state index in [-0.39, 0.29) is 41.8 Å². The molecule has 1 unspecified atom stereocenters. The van der Waals surface area contributed by atoms with Gasteiger partial charge in [0.2, 0.25) is 11.8 Å². The van der Waals surface area contributed by atoms with Crippen LogP contribution >= 0.6 is 0 Å². The van der Waals surface area contributed by atoms with Gasteiger partial charge in [0.1, 0.15) is 12.0 Å². The Bertz CT molecular complexity index is 1360. The molecule has 2 N–H and O–H groups in total. The third-order valence-electron chi connectivity index (χ3n) is 6.41. The van der Waals surface area contributed by atoms with Crippen LogP contribution in [-0.4, -0.2) is 61.5 Å². The summed E-state index contributed by atoms with van der Waals surface area (Å²) in [6.07, 6.45) is -3.85. The number of methoxy groups -OCH3 is 1. The first-order chi connectivity index (χ1) is 19.0. The Labute approximate surface area is 226 Å². The van der Waals surface area contributed by atoms with Crippen molar-refractivity contribution in [1.82, 2.24) is 15.5 Å². The molecule has 3 aromatic rings. The van der Waals surface area contributed by atoms with Gasteiger partial charge < -0.3 is 34.2 Å². The number of anilines is 2. The molecule has 40 heavy (non-hydrogen) atoms. The number of hydrogen-bond donors (Lipinski definition) is 2. The summed E-state index contributed by atoms with van der Waals surface area (Å²) in [6.45, 7) is 2.72. The summed E-state index contributed by atoms with van der Waals surface area (Å²) in [5.74, 6) is -2.21. The molecule has 214 valence electrons. The number of aromatic nitrogens is 2. The minimum atomic E-state index is -4.79. The van der Waals surface area contributed by atoms with Gasteiger partial charge in [-0.3, -0.25) is 4.79 Å². The van der Waals surface area contributed by atoms with Gasteiger partial charge >= 0.3 is 12.4 Å². The molecule has 1 aliphatic heterocycles. The molecule has 1 amide bonds. The number of alkyl halides is 3. The Morgan fingerprint density at radius 2 is 1.90 bits per heavy atom. The van der Waals surface area contributed by atoms with Crippen LogP contribution in [0.15, 0.2) is 40.8 Å². The SMILES string of the molecule is CNC(=O)C(CCC=O)c1ccc(N2CC(C)(Nc3nnc(-c4ccc(OC(F)(F)F)cc4)o3)C2)c(OC)c1F. The van der Waals surface area contributed by atoms with Crippen molar-refractivity contribution in [2.75, 3.05) is 37.5 Å². The van der Waals surface area contributed by atoms with Gasteiger partial charge in [-0.05, 0) is 43.7 Å². The number of rotatable bonds is 11. The first kappa shape index (κ1) is 28.6. The van der Waals surface area contributed by atoms with Crippen LogP contribution in [0.1, 0.15) is 31.2 Å². The predicted octanol–water partition coefficient (Wildman–Crippen LogP) is 4.28. The molecule has 1 aromatic heterocycles. The van der Waals surface area contributed by atoms with Crippen LogP contribution in [0, 0.1) is 5.82 Å². The van der Waals surface area contributed by atoms with E-state index < -0.39 is 29.5 Å². The van der Waals surface area contributed by atoms with Gasteiger partial charge in [-0.1, -0.05) is 11.2 Å². The lowest BCUT2D eigenvalue weighted by atomic mass is 9.89. The van der Waals surface area contributed by atoms with Crippen LogP contribution in [-0.2, 0) is 9.59 Å². The van der Waals surface area contributed by atoms with Gasteiger partial charge in [0.15, 0.2) is 11.6 Å². The van der Waals surface area contributed by atoms with E-state index in [9.17, 15) is 22.8 Å². The topological polar surface area (TPSA) is 119 Å². The number of ether oxygens (including phenoxy) is 2. The van der Waals surface area contributed by atoms with Crippen molar-refractivity contribution in [2.45, 2.75) is 37.6 Å². The standard InChI is InChI=1S/C26H27F4N5O5/c1-25(32-24-34-33-23(39-24)15-6-8-16(9-7-15)40-26(28,29)30)13-35(14-25)19-11-10-17(20(27)21(19)38-3)18(5-4-12-36)22(37)31-2/h6-12,18H,4-5,13-14H2,1-3H3,(H,31,37)(H,32,34). The quantitative estimate of drug-likeness (QED) is 0.259. The molecule has 0 bridgehead atoms. The number of carbonyl (C=O) groups is 2. The first-order valence-electron chi connectivity index (χ1n) is 12.2. The maximum absolute atomic E-state index is 15.5. The maximum atomic E-state index is 15.5. The Hall–Kier alpha value is -4.36. The molecule has 2 heterocycles. The zero-order valence-corrected chi connectivity index (χ0v) is 21.8. The van der Waals surface area contributed by atoms with E-state index in [4.69, 9.17) is 9.15 Å². The molecule has 1 saturated heterocycles. The number of hydrogen-bond acceptors (Lipinski definition) is 9. The summed E-state index contributed by atoms with van der Waals surface area (Å²) in [5.41, 5.74) is 0.489. The number of benzene rings is 2. The van der Waals surface area contributed by atoms with Gasteiger partial charge in [0.25, 0.3) is 0 Å². The summed E-state index contributed by atoms with van der Waals surface area (Å²) in [5, 5.41) is 13.5. The van der Waals surface area contributed by atoms with E-state index in [0.717, 1.165) is 12.1 Å². The number of carbonyl (C=O) groups excluding carboxylic acids is 2. The van der Waals surface area contributed by atoms with E-state index in [2.05, 4.69) is 25.6 Å². The van der Waals surface area contributed by atoms with Crippen LogP contribution in [0.5, 0.6) is 11.5 Å². The lowest BCUT2D eigenvalue weighted by Crippen LogP contribution is -2.64. The number of nitrogens with one attached hydrogen (secondary N) is 2. The summed E-state index contributed by atoms with van der Waals surface area (Å²) < 4.78 is 67.5. The molecular formula is C26H27F4N5O5. The van der Waals surface area contributed by atoms with Crippen molar-refractivity contribution < 1.29 is 41.0 Å². The highest BCUT2D eigenvalue weighted by molar-refractivity contribution is 5.84. The van der Waals surface area contributed by atoms with Gasteiger partial charge in [-0.15, -0.1) is 18.3 Å². The number of nitrogens with zero attached hydrogens (tertiary/aromatic N) is 3. The van der Waals surface area contributed by atoms with Crippen molar-refractivity contribution in [3.63, 3.8) is 0 Å². The van der Waals surface area contributed by atoms with Crippen LogP contribution in [0.3, 0.4) is 0 Å². The third-order valence-corrected chi connectivity index (χ3v) is 6.41. The number of amides is 1. The van der Waals surface area contributed by atoms with Crippen molar-refractivity contribution in [1.29, 1.82) is 0 Å². The molecule has 0 aliphatic carbocycles. The summed E-state index contributed by atoms with van der Waals surface area (Å²) in [7, 11) is 2.79. The van der Waals surface area contributed by atoms with E-state index in [1.807, 2.05) is 11.8 Å². The Morgan fingerprint density at radius 3 is 2.50 bits per heavy atom. The molecule has 4 rings (SSSR count). The first-order valence-corrected chi connectivity index (χ1v) is 12.2. The fourth-order valence-corrected chi connectivity index (χ4v) is 4.60. The molecule has 0 saturated carbocycles. The predicted molar refractivity (Wildman–Crippen MR) is 136 cm³/mol. The Kier molecular flexibility index (Phi) is 8.16. The van der Waals surface area contributed by atoms with Crippen LogP contribution in [0.4, 0.5) is 29.3 Å². The fraction of sp³-hybridized carbons (Fsp3) is 0.385. The highest BCUT2D eigenvalue weighted by Crippen LogP contribution is 2.41. The molecule has 1 atom stereocenters. The average molecular weight is 566 g/mol. The number of likely N-dealkylation sites (N-methyl/N-ethyl adjacent to an activating group) is 1. The molecule has 1 aliphatic rings. The molecule has 1 fully saturated rings. The van der Waals surface area contributed by atoms with Crippen LogP contribution in [0.25, 0.3) is 11.5 Å². The summed E-state index contributed by atoms with van der Waals surface area (Å²) >= 11 is 0. The number of halogens is 4. The minimum Gasteiger partial charge on any atom is -0.492 e. The normalized spacial score (nSPS) is 15.1. The van der Waals surface area contributed by atoms with E-state index in [1.54, 1.807) is 6.07 Å². The van der Waals surface area contributed by atoms with Crippen molar-refractivity contribution in [3.05, 3.63) is 47.8 Å². The smallest absolute Gasteiger partial charge is 0.492 e. The molecular weight excluding hydrogens is 538 g/mol. The van der Waals surface area contributed by atoms with Crippen molar-refractivity contribution >= 4 is 23.9 Å². The second kappa shape index (κ2) is 11.4. The second-order valence-corrected chi connectivity index (χ2v) is 9.46. The minimum absolute atomic E-state index is 0.0161. The lowest BCUT2D eigenvalue weighted by molar-refractivity contribution is -0.274. The molecule has 14 heteroatoms. The van der Waals surface area contributed by atoms with Crippen molar-refractivity contribution in [2.24, 2.45) is 0 Å². The largest absolute Gasteiger partial charge is 0.573 e. The maximum Gasteiger partial charge on any atom is 0.573 e. The molecule has 0 spiro atoms. The van der Waals surface area contributed by atoms with Crippen LogP contribution < -0.4 is 25.0 Å². The highest BCUT2D eigenvalue weighted by Gasteiger charge is 2.42. The third kappa shape index (κ3) is 6.26. The second-order valence-electron chi connectivity index (χ2n) is 9.46. The van der Waals surface area contributed by atoms with E-state index in [0.29, 0.717) is 30.6 Å². The van der Waals surface area contributed by atoms with Gasteiger partial charge in [-0.25, -0.2) is 4.39 Å². The Balaban J connectivity index is 1.44. The van der Waals surface area contributed by atoms with Gasteiger partial charge in [0.05, 0.1) is 24.3 Å². The monoisotopic (exact) mass is 565 g/mol. The van der Waals surface area contributed by atoms with Crippen LogP contribution in [0.2, 0.25) is 0 Å². The fourth-order valence-electron chi connectivity index (χ4n) is 4.60. The van der Waals surface area contributed by atoms with Gasteiger partial charge in [0, 0.05) is 37.7 Å². The average Bonchev–Trinajstić information content (AvgIpc) is 3.35. The zero-order valence-electron chi connectivity index (χ0n) is 21.8. The lowest BCUT2D eigenvalue weighted by Gasteiger charge is -2.49. The van der Waals surface area contributed by atoms with E-state index in [1.165, 1.54) is 32.4 Å². The van der Waals surface area contributed by atoms with Gasteiger partial charge in [-0.2, -0.15) is 0 Å². The molecule has 2 aromatic carbocycles. The molecule has 0 radical (unpaired) electrons. The highest BCUT2D eigenvalue weighted by atomic mass is 19.4. The van der Waals surface area contributed by atoms with E-state index >= 15 is 4.39 Å².